The van der Waals surface area contributed by atoms with Crippen LogP contribution >= 0.6 is 11.3 Å². The van der Waals surface area contributed by atoms with Crippen LogP contribution < -0.4 is 4.74 Å². The average molecular weight is 495 g/mol. The summed E-state index contributed by atoms with van der Waals surface area (Å²) in [5.41, 5.74) is 1.02. The Morgan fingerprint density at radius 2 is 2.06 bits per heavy atom. The molecular formula is C24H25F3N2O4S. The molecule has 3 aromatic rings. The summed E-state index contributed by atoms with van der Waals surface area (Å²) in [5.74, 6) is -0.670. The number of ether oxygens (including phenoxy) is 2. The van der Waals surface area contributed by atoms with Gasteiger partial charge in [-0.05, 0) is 68.3 Å². The van der Waals surface area contributed by atoms with Crippen LogP contribution in [0.15, 0.2) is 35.7 Å². The van der Waals surface area contributed by atoms with E-state index < -0.39 is 30.4 Å². The van der Waals surface area contributed by atoms with Gasteiger partial charge in [-0.15, -0.1) is 11.3 Å². The number of hydrogen-bond donors (Lipinski definition) is 1. The molecule has 1 aliphatic rings. The molecule has 2 aromatic heterocycles. The quantitative estimate of drug-likeness (QED) is 0.448. The maximum absolute atomic E-state index is 13.6. The summed E-state index contributed by atoms with van der Waals surface area (Å²) in [6.45, 7) is 4.13. The maximum Gasteiger partial charge on any atom is 0.408 e. The molecule has 6 nitrogen and oxygen atoms in total. The van der Waals surface area contributed by atoms with E-state index >= 15 is 0 Å². The minimum atomic E-state index is -4.61. The summed E-state index contributed by atoms with van der Waals surface area (Å²) in [6.07, 6.45) is -4.70. The molecule has 0 saturated carbocycles. The zero-order valence-electron chi connectivity index (χ0n) is 19.0. The minimum Gasteiger partial charge on any atom is -0.493 e. The van der Waals surface area contributed by atoms with Gasteiger partial charge in [0.2, 0.25) is 0 Å². The van der Waals surface area contributed by atoms with Crippen molar-refractivity contribution >= 4 is 17.3 Å². The number of benzene rings is 1. The smallest absolute Gasteiger partial charge is 0.408 e. The number of aliphatic carboxylic acids is 1. The van der Waals surface area contributed by atoms with Crippen LogP contribution in [0.25, 0.3) is 21.7 Å². The number of alkyl halides is 3. The lowest BCUT2D eigenvalue weighted by atomic mass is 9.95. The van der Waals surface area contributed by atoms with Gasteiger partial charge in [-0.1, -0.05) is 12.1 Å². The molecule has 1 unspecified atom stereocenters. The molecule has 182 valence electrons. The number of carbonyl (C=O) groups is 1. The van der Waals surface area contributed by atoms with Crippen molar-refractivity contribution in [1.29, 1.82) is 0 Å². The molecule has 0 spiro atoms. The van der Waals surface area contributed by atoms with Gasteiger partial charge in [0.15, 0.2) is 6.10 Å². The Bertz CT molecular complexity index is 1180. The van der Waals surface area contributed by atoms with Gasteiger partial charge in [0, 0.05) is 5.56 Å². The predicted octanol–water partition coefficient (Wildman–Crippen LogP) is 6.11. The van der Waals surface area contributed by atoms with E-state index in [4.69, 9.17) is 9.47 Å². The number of carboxylic acid groups (broad SMARTS) is 1. The van der Waals surface area contributed by atoms with Gasteiger partial charge in [-0.2, -0.15) is 18.3 Å². The molecule has 1 atom stereocenters. The van der Waals surface area contributed by atoms with Crippen LogP contribution in [0.2, 0.25) is 0 Å². The second-order valence-corrected chi connectivity index (χ2v) is 10.0. The Balaban J connectivity index is 2.01. The molecule has 1 aromatic carbocycles. The third-order valence-electron chi connectivity index (χ3n) is 5.22. The molecule has 3 heterocycles. The van der Waals surface area contributed by atoms with Gasteiger partial charge in [0.05, 0.1) is 22.8 Å². The van der Waals surface area contributed by atoms with E-state index in [1.807, 2.05) is 6.07 Å². The van der Waals surface area contributed by atoms with Gasteiger partial charge < -0.3 is 14.6 Å². The molecule has 4 rings (SSSR count). The van der Waals surface area contributed by atoms with E-state index in [-0.39, 0.29) is 11.4 Å². The van der Waals surface area contributed by atoms with Crippen LogP contribution in [0.5, 0.6) is 5.75 Å². The highest BCUT2D eigenvalue weighted by molar-refractivity contribution is 7.13. The summed E-state index contributed by atoms with van der Waals surface area (Å²) in [6, 6.07) is 8.87. The van der Waals surface area contributed by atoms with Crippen molar-refractivity contribution in [2.45, 2.75) is 58.0 Å². The lowest BCUT2D eigenvalue weighted by molar-refractivity contribution is -0.164. The topological polar surface area (TPSA) is 73.6 Å². The highest BCUT2D eigenvalue weighted by atomic mass is 32.1. The second kappa shape index (κ2) is 9.07. The third kappa shape index (κ3) is 5.28. The third-order valence-corrected chi connectivity index (χ3v) is 6.09. The monoisotopic (exact) mass is 494 g/mol. The van der Waals surface area contributed by atoms with E-state index in [0.29, 0.717) is 22.6 Å². The van der Waals surface area contributed by atoms with E-state index in [1.54, 1.807) is 50.4 Å². The summed E-state index contributed by atoms with van der Waals surface area (Å²) >= 11 is 1.32. The molecule has 0 bridgehead atoms. The van der Waals surface area contributed by atoms with Crippen molar-refractivity contribution < 1.29 is 32.5 Å². The van der Waals surface area contributed by atoms with Crippen LogP contribution in [0.3, 0.4) is 0 Å². The van der Waals surface area contributed by atoms with E-state index in [1.165, 1.54) is 11.3 Å². The Morgan fingerprint density at radius 1 is 1.29 bits per heavy atom. The van der Waals surface area contributed by atoms with Gasteiger partial charge in [0.1, 0.15) is 18.0 Å². The molecular weight excluding hydrogens is 469 g/mol. The average Bonchev–Trinajstić information content (AvgIpc) is 3.38. The lowest BCUT2D eigenvalue weighted by Gasteiger charge is -2.26. The van der Waals surface area contributed by atoms with Gasteiger partial charge in [-0.3, -0.25) is 4.68 Å². The van der Waals surface area contributed by atoms with E-state index in [2.05, 4.69) is 5.10 Å². The van der Waals surface area contributed by atoms with Crippen LogP contribution in [0.1, 0.15) is 44.6 Å². The summed E-state index contributed by atoms with van der Waals surface area (Å²) in [5, 5.41) is 16.1. The number of thiophene rings is 1. The number of nitrogens with zero attached hydrogens (tertiary/aromatic N) is 2. The van der Waals surface area contributed by atoms with Gasteiger partial charge in [-0.25, -0.2) is 4.79 Å². The molecule has 34 heavy (non-hydrogen) atoms. The van der Waals surface area contributed by atoms with Gasteiger partial charge >= 0.3 is 12.1 Å². The van der Waals surface area contributed by atoms with Gasteiger partial charge in [0.25, 0.3) is 0 Å². The maximum atomic E-state index is 13.6. The first-order valence-electron chi connectivity index (χ1n) is 10.8. The first kappa shape index (κ1) is 24.3. The van der Waals surface area contributed by atoms with Crippen LogP contribution in [-0.4, -0.2) is 39.2 Å². The van der Waals surface area contributed by atoms with E-state index in [0.717, 1.165) is 28.8 Å². The van der Waals surface area contributed by atoms with Crippen LogP contribution in [0, 0.1) is 0 Å². The number of halogens is 3. The van der Waals surface area contributed by atoms with Crippen molar-refractivity contribution in [3.05, 3.63) is 47.0 Å². The Kier molecular flexibility index (Phi) is 6.48. The first-order chi connectivity index (χ1) is 15.9. The predicted molar refractivity (Wildman–Crippen MR) is 122 cm³/mol. The minimum absolute atomic E-state index is 0.139. The Labute approximate surface area is 198 Å². The number of aryl methyl sites for hydroxylation is 1. The largest absolute Gasteiger partial charge is 0.493 e. The number of aromatic nitrogens is 2. The normalized spacial score (nSPS) is 15.0. The second-order valence-electron chi connectivity index (χ2n) is 9.08. The van der Waals surface area contributed by atoms with E-state index in [9.17, 15) is 23.1 Å². The highest BCUT2D eigenvalue weighted by Gasteiger charge is 2.39. The molecule has 10 heteroatoms. The van der Waals surface area contributed by atoms with Crippen molar-refractivity contribution in [3.63, 3.8) is 0 Å². The lowest BCUT2D eigenvalue weighted by Crippen LogP contribution is -2.31. The van der Waals surface area contributed by atoms with Crippen molar-refractivity contribution in [2.24, 2.45) is 0 Å². The van der Waals surface area contributed by atoms with Crippen molar-refractivity contribution in [2.75, 3.05) is 6.61 Å². The molecule has 1 N–H and O–H groups in total. The number of hydrogen-bond acceptors (Lipinski definition) is 5. The van der Waals surface area contributed by atoms with Crippen LogP contribution in [-0.2, 0) is 22.5 Å². The highest BCUT2D eigenvalue weighted by Crippen LogP contribution is 2.43. The zero-order chi connectivity index (χ0) is 24.7. The van der Waals surface area contributed by atoms with Crippen molar-refractivity contribution in [1.82, 2.24) is 9.78 Å². The molecule has 1 aliphatic heterocycles. The number of fused-ring (bicyclic) bond motifs is 1. The fraction of sp³-hybridized carbons (Fsp3) is 0.417. The number of rotatable bonds is 6. The summed E-state index contributed by atoms with van der Waals surface area (Å²) in [4.78, 5) is 13.0. The van der Waals surface area contributed by atoms with Crippen molar-refractivity contribution in [3.8, 4) is 27.4 Å². The first-order valence-corrected chi connectivity index (χ1v) is 11.7. The molecule has 0 fully saturated rings. The Morgan fingerprint density at radius 3 is 2.68 bits per heavy atom. The fourth-order valence-corrected chi connectivity index (χ4v) is 4.71. The Hall–Kier alpha value is -2.85. The molecule has 0 radical (unpaired) electrons. The fourth-order valence-electron chi connectivity index (χ4n) is 3.99. The SMILES string of the molecule is CC(C)(C)OC(C(=O)O)c1c(-c2ccc3c(c2)CCCO3)c(-c2cccs2)nn1CC(F)(F)F. The number of carboxylic acids is 1. The summed E-state index contributed by atoms with van der Waals surface area (Å²) in [7, 11) is 0. The molecule has 0 amide bonds. The molecule has 0 aliphatic carbocycles. The standard InChI is InChI=1S/C24H25F3N2O4S/c1-23(2,3)33-21(22(30)31)20-18(15-8-9-16-14(12-15)6-4-10-32-16)19(17-7-5-11-34-17)28-29(20)13-24(25,26)27/h5,7-9,11-12,21H,4,6,10,13H2,1-3H3,(H,30,31). The molecule has 0 saturated heterocycles. The summed E-state index contributed by atoms with van der Waals surface area (Å²) < 4.78 is 52.9. The zero-order valence-corrected chi connectivity index (χ0v) is 19.8. The van der Waals surface area contributed by atoms with Crippen LogP contribution in [0.4, 0.5) is 13.2 Å².